The van der Waals surface area contributed by atoms with Crippen LogP contribution in [0.5, 0.6) is 5.75 Å². The largest absolute Gasteiger partial charge is 0.494 e. The van der Waals surface area contributed by atoms with E-state index in [1.807, 2.05) is 75.4 Å². The Hall–Kier alpha value is -4.15. The smallest absolute Gasteiger partial charge is 0.264 e. The maximum atomic E-state index is 14.6. The molecule has 1 atom stereocenters. The summed E-state index contributed by atoms with van der Waals surface area (Å²) in [5.41, 5.74) is 3.07. The molecule has 0 saturated heterocycles. The average molecular weight is 721 g/mol. The molecule has 8 nitrogen and oxygen atoms in total. The van der Waals surface area contributed by atoms with E-state index in [9.17, 15) is 18.0 Å². The molecule has 0 heterocycles. The van der Waals surface area contributed by atoms with Crippen molar-refractivity contribution >= 4 is 43.5 Å². The summed E-state index contributed by atoms with van der Waals surface area (Å²) in [7, 11) is -4.20. The van der Waals surface area contributed by atoms with E-state index < -0.39 is 28.5 Å². The number of halogens is 1. The molecule has 0 unspecified atom stereocenters. The van der Waals surface area contributed by atoms with Crippen molar-refractivity contribution < 1.29 is 22.7 Å². The lowest BCUT2D eigenvalue weighted by Crippen LogP contribution is -2.53. The van der Waals surface area contributed by atoms with Crippen LogP contribution in [0.2, 0.25) is 0 Å². The Morgan fingerprint density at radius 2 is 1.51 bits per heavy atom. The van der Waals surface area contributed by atoms with Gasteiger partial charge in [0.05, 0.1) is 17.2 Å². The van der Waals surface area contributed by atoms with Gasteiger partial charge in [0.15, 0.2) is 0 Å². The highest BCUT2D eigenvalue weighted by atomic mass is 79.9. The van der Waals surface area contributed by atoms with E-state index in [-0.39, 0.29) is 23.8 Å². The molecular formula is C37H42BrN3O5S. The number of nitrogens with zero attached hydrogens (tertiary/aromatic N) is 2. The second-order valence-corrected chi connectivity index (χ2v) is 14.0. The van der Waals surface area contributed by atoms with Crippen molar-refractivity contribution in [3.8, 4) is 5.75 Å². The summed E-state index contributed by atoms with van der Waals surface area (Å²) in [5, 5.41) is 3.02. The van der Waals surface area contributed by atoms with Gasteiger partial charge in [-0.15, -0.1) is 0 Å². The summed E-state index contributed by atoms with van der Waals surface area (Å²) in [6, 6.07) is 29.3. The van der Waals surface area contributed by atoms with Gasteiger partial charge in [-0.05, 0) is 79.9 Å². The van der Waals surface area contributed by atoms with Crippen LogP contribution in [0.3, 0.4) is 0 Å². The monoisotopic (exact) mass is 719 g/mol. The number of amides is 2. The molecule has 0 radical (unpaired) electrons. The minimum Gasteiger partial charge on any atom is -0.494 e. The molecule has 2 amide bonds. The van der Waals surface area contributed by atoms with E-state index in [4.69, 9.17) is 4.74 Å². The topological polar surface area (TPSA) is 96.0 Å². The number of nitrogens with one attached hydrogen (secondary N) is 1. The maximum absolute atomic E-state index is 14.6. The Balaban J connectivity index is 1.78. The Bertz CT molecular complexity index is 1700. The summed E-state index contributed by atoms with van der Waals surface area (Å²) in [5.74, 6) is -0.214. The molecular weight excluding hydrogens is 678 g/mol. The maximum Gasteiger partial charge on any atom is 0.264 e. The number of carbonyl (C=O) groups is 2. The van der Waals surface area contributed by atoms with Gasteiger partial charge in [-0.1, -0.05) is 89.4 Å². The normalized spacial score (nSPS) is 11.8. The first-order valence-corrected chi connectivity index (χ1v) is 18.0. The van der Waals surface area contributed by atoms with Crippen molar-refractivity contribution in [1.82, 2.24) is 10.2 Å². The van der Waals surface area contributed by atoms with E-state index in [0.717, 1.165) is 38.3 Å². The number of ether oxygens (including phenoxy) is 1. The zero-order chi connectivity index (χ0) is 33.8. The molecule has 47 heavy (non-hydrogen) atoms. The molecule has 4 rings (SSSR count). The number of carbonyl (C=O) groups excluding carboxylic acids is 2. The van der Waals surface area contributed by atoms with Crippen LogP contribution >= 0.6 is 15.9 Å². The number of anilines is 1. The van der Waals surface area contributed by atoms with Crippen LogP contribution < -0.4 is 14.4 Å². The summed E-state index contributed by atoms with van der Waals surface area (Å²) < 4.78 is 35.8. The number of hydrogen-bond acceptors (Lipinski definition) is 5. The van der Waals surface area contributed by atoms with E-state index in [2.05, 4.69) is 21.2 Å². The molecule has 248 valence electrons. The second-order valence-electron chi connectivity index (χ2n) is 11.2. The SMILES string of the molecule is CCCCNC(=O)[C@@H](Cc1ccccc1)N(Cc1ccc(C)cc1)C(=O)CN(c1ccc(OCC)cc1)S(=O)(=O)c1ccc(Br)cc1. The number of sulfonamides is 1. The van der Waals surface area contributed by atoms with Crippen LogP contribution in [0.25, 0.3) is 0 Å². The lowest BCUT2D eigenvalue weighted by molar-refractivity contribution is -0.140. The van der Waals surface area contributed by atoms with Gasteiger partial charge in [0.1, 0.15) is 18.3 Å². The highest BCUT2D eigenvalue weighted by molar-refractivity contribution is 9.10. The molecule has 0 spiro atoms. The standard InChI is InChI=1S/C37H42BrN3O5S/c1-4-6-24-39-37(43)35(25-29-10-8-7-9-11-29)40(26-30-14-12-28(3)13-15-30)36(42)27-41(32-18-20-33(21-19-32)46-5-2)47(44,45)34-22-16-31(38)17-23-34/h7-23,35H,4-6,24-27H2,1-3H3,(H,39,43)/t35-/m1/s1. The molecule has 0 aromatic heterocycles. The van der Waals surface area contributed by atoms with Crippen LogP contribution in [0.15, 0.2) is 112 Å². The number of benzene rings is 4. The fourth-order valence-corrected chi connectivity index (χ4v) is 6.77. The van der Waals surface area contributed by atoms with Crippen LogP contribution in [-0.4, -0.2) is 50.9 Å². The fraction of sp³-hybridized carbons (Fsp3) is 0.297. The first kappa shape index (κ1) is 35.7. The van der Waals surface area contributed by atoms with Gasteiger partial charge in [-0.25, -0.2) is 8.42 Å². The van der Waals surface area contributed by atoms with E-state index >= 15 is 0 Å². The van der Waals surface area contributed by atoms with Crippen molar-refractivity contribution in [3.63, 3.8) is 0 Å². The summed E-state index contributed by atoms with van der Waals surface area (Å²) in [6.07, 6.45) is 1.96. The van der Waals surface area contributed by atoms with Crippen molar-refractivity contribution in [2.75, 3.05) is 24.0 Å². The third kappa shape index (κ3) is 9.92. The third-order valence-corrected chi connectivity index (χ3v) is 10.0. The van der Waals surface area contributed by atoms with E-state index in [1.54, 1.807) is 36.4 Å². The first-order chi connectivity index (χ1) is 22.6. The van der Waals surface area contributed by atoms with Crippen LogP contribution in [-0.2, 0) is 32.6 Å². The molecule has 10 heteroatoms. The van der Waals surface area contributed by atoms with E-state index in [1.165, 1.54) is 17.0 Å². The summed E-state index contributed by atoms with van der Waals surface area (Å²) in [6.45, 7) is 6.41. The molecule has 0 aliphatic rings. The Labute approximate surface area is 286 Å². The van der Waals surface area contributed by atoms with Crippen molar-refractivity contribution in [2.24, 2.45) is 0 Å². The van der Waals surface area contributed by atoms with Gasteiger partial charge in [0.2, 0.25) is 11.8 Å². The van der Waals surface area contributed by atoms with Gasteiger partial charge >= 0.3 is 0 Å². The Morgan fingerprint density at radius 3 is 2.13 bits per heavy atom. The molecule has 0 fully saturated rings. The van der Waals surface area contributed by atoms with Gasteiger partial charge in [-0.3, -0.25) is 13.9 Å². The lowest BCUT2D eigenvalue weighted by Gasteiger charge is -2.34. The summed E-state index contributed by atoms with van der Waals surface area (Å²) in [4.78, 5) is 30.0. The molecule has 1 N–H and O–H groups in total. The highest BCUT2D eigenvalue weighted by Crippen LogP contribution is 2.28. The first-order valence-electron chi connectivity index (χ1n) is 15.8. The van der Waals surface area contributed by atoms with Crippen molar-refractivity contribution in [1.29, 1.82) is 0 Å². The Kier molecular flexibility index (Phi) is 13.0. The Morgan fingerprint density at radius 1 is 0.851 bits per heavy atom. The summed E-state index contributed by atoms with van der Waals surface area (Å²) >= 11 is 3.37. The highest BCUT2D eigenvalue weighted by Gasteiger charge is 2.34. The zero-order valence-corrected chi connectivity index (χ0v) is 29.5. The molecule has 4 aromatic rings. The van der Waals surface area contributed by atoms with Gasteiger partial charge in [0.25, 0.3) is 10.0 Å². The second kappa shape index (κ2) is 17.1. The average Bonchev–Trinajstić information content (AvgIpc) is 3.07. The zero-order valence-electron chi connectivity index (χ0n) is 27.1. The van der Waals surface area contributed by atoms with Crippen LogP contribution in [0, 0.1) is 6.92 Å². The fourth-order valence-electron chi connectivity index (χ4n) is 5.09. The molecule has 0 bridgehead atoms. The number of aryl methyl sites for hydroxylation is 1. The van der Waals surface area contributed by atoms with Crippen LogP contribution in [0.4, 0.5) is 5.69 Å². The van der Waals surface area contributed by atoms with Gasteiger partial charge < -0.3 is 15.0 Å². The predicted molar refractivity (Wildman–Crippen MR) is 190 cm³/mol. The van der Waals surface area contributed by atoms with E-state index in [0.29, 0.717) is 24.6 Å². The minimum atomic E-state index is -4.20. The molecule has 0 aliphatic carbocycles. The third-order valence-electron chi connectivity index (χ3n) is 7.69. The number of hydrogen-bond donors (Lipinski definition) is 1. The van der Waals surface area contributed by atoms with Crippen molar-refractivity contribution in [2.45, 2.75) is 57.5 Å². The molecule has 4 aromatic carbocycles. The lowest BCUT2D eigenvalue weighted by atomic mass is 10.0. The van der Waals surface area contributed by atoms with Crippen molar-refractivity contribution in [3.05, 3.63) is 124 Å². The predicted octanol–water partition coefficient (Wildman–Crippen LogP) is 6.91. The number of rotatable bonds is 16. The molecule has 0 aliphatic heterocycles. The molecule has 0 saturated carbocycles. The van der Waals surface area contributed by atoms with Crippen LogP contribution in [0.1, 0.15) is 43.4 Å². The minimum absolute atomic E-state index is 0.0330. The van der Waals surface area contributed by atoms with Gasteiger partial charge in [-0.2, -0.15) is 0 Å². The number of unbranched alkanes of at least 4 members (excludes halogenated alkanes) is 1. The quantitative estimate of drug-likeness (QED) is 0.127. The van der Waals surface area contributed by atoms with Gasteiger partial charge in [0, 0.05) is 24.0 Å².